The van der Waals surface area contributed by atoms with Crippen LogP contribution in [-0.2, 0) is 9.59 Å². The lowest BCUT2D eigenvalue weighted by molar-refractivity contribution is -0.120. The van der Waals surface area contributed by atoms with Crippen molar-refractivity contribution in [3.63, 3.8) is 0 Å². The Hall–Kier alpha value is -3.86. The third-order valence-electron chi connectivity index (χ3n) is 6.60. The van der Waals surface area contributed by atoms with Crippen LogP contribution in [0.5, 0.6) is 0 Å². The first-order valence-corrected chi connectivity index (χ1v) is 11.9. The van der Waals surface area contributed by atoms with Crippen LogP contribution >= 0.6 is 0 Å². The van der Waals surface area contributed by atoms with E-state index in [0.29, 0.717) is 17.0 Å². The molecular weight excluding hydrogens is 422 g/mol. The molecule has 0 unspecified atom stereocenters. The van der Waals surface area contributed by atoms with Gasteiger partial charge in [0.15, 0.2) is 0 Å². The topological polar surface area (TPSA) is 52.7 Å². The van der Waals surface area contributed by atoms with Crippen molar-refractivity contribution in [3.8, 4) is 0 Å². The van der Waals surface area contributed by atoms with Crippen LogP contribution in [0.1, 0.15) is 36.0 Å². The van der Waals surface area contributed by atoms with E-state index >= 15 is 0 Å². The summed E-state index contributed by atoms with van der Waals surface area (Å²) in [6.07, 6.45) is 3.73. The van der Waals surface area contributed by atoms with Gasteiger partial charge in [0.05, 0.1) is 11.3 Å². The van der Waals surface area contributed by atoms with Gasteiger partial charge in [-0.1, -0.05) is 48.0 Å². The Bertz CT molecular complexity index is 1260. The number of amides is 2. The van der Waals surface area contributed by atoms with E-state index in [1.54, 1.807) is 0 Å². The lowest BCUT2D eigenvalue weighted by Gasteiger charge is -2.28. The lowest BCUT2D eigenvalue weighted by atomic mass is 10.0. The van der Waals surface area contributed by atoms with E-state index in [1.165, 1.54) is 29.8 Å². The first-order chi connectivity index (χ1) is 16.5. The quantitative estimate of drug-likeness (QED) is 0.506. The molecule has 2 heterocycles. The van der Waals surface area contributed by atoms with Gasteiger partial charge in [0.2, 0.25) is 0 Å². The zero-order chi connectivity index (χ0) is 23.7. The Labute approximate surface area is 200 Å². The van der Waals surface area contributed by atoms with E-state index in [4.69, 9.17) is 0 Å². The van der Waals surface area contributed by atoms with E-state index in [9.17, 15) is 9.59 Å². The summed E-state index contributed by atoms with van der Waals surface area (Å²) in [4.78, 5) is 30.9. The molecule has 2 aliphatic rings. The highest BCUT2D eigenvalue weighted by Crippen LogP contribution is 2.35. The summed E-state index contributed by atoms with van der Waals surface area (Å²) in [6, 6.07) is 23.3. The summed E-state index contributed by atoms with van der Waals surface area (Å²) in [7, 11) is 0. The summed E-state index contributed by atoms with van der Waals surface area (Å²) in [5.74, 6) is -0.647. The molecule has 0 atom stereocenters. The molecule has 172 valence electrons. The van der Waals surface area contributed by atoms with E-state index in [2.05, 4.69) is 22.3 Å². The highest BCUT2D eigenvalue weighted by Gasteiger charge is 2.40. The second-order valence-corrected chi connectivity index (χ2v) is 9.07. The minimum Gasteiger partial charge on any atom is -0.372 e. The summed E-state index contributed by atoms with van der Waals surface area (Å²) >= 11 is 0. The largest absolute Gasteiger partial charge is 0.372 e. The number of anilines is 3. The molecule has 5 rings (SSSR count). The van der Waals surface area contributed by atoms with Crippen molar-refractivity contribution in [2.24, 2.45) is 0 Å². The van der Waals surface area contributed by atoms with E-state index in [0.717, 1.165) is 35.5 Å². The predicted molar refractivity (Wildman–Crippen MR) is 138 cm³/mol. The normalized spacial score (nSPS) is 16.4. The molecule has 3 aromatic rings. The number of hydrogen-bond donors (Lipinski definition) is 1. The Morgan fingerprint density at radius 1 is 0.765 bits per heavy atom. The molecule has 5 nitrogen and oxygen atoms in total. The third kappa shape index (κ3) is 4.10. The van der Waals surface area contributed by atoms with Crippen molar-refractivity contribution in [2.45, 2.75) is 33.1 Å². The SMILES string of the molecule is Cc1ccc(N2C(=O)C(Nc3ccc(N4CCCCC4)cc3)=C(c3ccccc3)C2=O)c(C)c1. The first kappa shape index (κ1) is 22.0. The van der Waals surface area contributed by atoms with Gasteiger partial charge in [-0.25, -0.2) is 4.90 Å². The van der Waals surface area contributed by atoms with Crippen molar-refractivity contribution in [1.82, 2.24) is 0 Å². The van der Waals surface area contributed by atoms with Gasteiger partial charge in [-0.15, -0.1) is 0 Å². The Balaban J connectivity index is 1.50. The smallest absolute Gasteiger partial charge is 0.282 e. The van der Waals surface area contributed by atoms with Crippen LogP contribution in [0.2, 0.25) is 0 Å². The average Bonchev–Trinajstić information content (AvgIpc) is 3.10. The highest BCUT2D eigenvalue weighted by molar-refractivity contribution is 6.46. The van der Waals surface area contributed by atoms with Gasteiger partial charge in [0.1, 0.15) is 5.70 Å². The van der Waals surface area contributed by atoms with Gasteiger partial charge < -0.3 is 10.2 Å². The zero-order valence-corrected chi connectivity index (χ0v) is 19.7. The lowest BCUT2D eigenvalue weighted by Crippen LogP contribution is -2.33. The summed E-state index contributed by atoms with van der Waals surface area (Å²) < 4.78 is 0. The maximum absolute atomic E-state index is 13.6. The maximum atomic E-state index is 13.6. The molecule has 0 aromatic heterocycles. The van der Waals surface area contributed by atoms with Crippen LogP contribution in [-0.4, -0.2) is 24.9 Å². The monoisotopic (exact) mass is 451 g/mol. The highest BCUT2D eigenvalue weighted by atomic mass is 16.2. The molecule has 1 saturated heterocycles. The number of carbonyl (C=O) groups excluding carboxylic acids is 2. The Kier molecular flexibility index (Phi) is 5.93. The molecule has 1 fully saturated rings. The average molecular weight is 452 g/mol. The number of nitrogens with one attached hydrogen (secondary N) is 1. The van der Waals surface area contributed by atoms with Gasteiger partial charge in [-0.3, -0.25) is 9.59 Å². The van der Waals surface area contributed by atoms with Gasteiger partial charge in [-0.2, -0.15) is 0 Å². The molecule has 1 N–H and O–H groups in total. The number of benzene rings is 3. The summed E-state index contributed by atoms with van der Waals surface area (Å²) in [5.41, 5.74) is 5.99. The number of carbonyl (C=O) groups is 2. The second-order valence-electron chi connectivity index (χ2n) is 9.07. The fourth-order valence-electron chi connectivity index (χ4n) is 4.85. The number of nitrogens with zero attached hydrogens (tertiary/aromatic N) is 2. The summed E-state index contributed by atoms with van der Waals surface area (Å²) in [6.45, 7) is 6.08. The second kappa shape index (κ2) is 9.18. The molecule has 0 bridgehead atoms. The molecule has 3 aromatic carbocycles. The van der Waals surface area contributed by atoms with Gasteiger partial charge >= 0.3 is 0 Å². The maximum Gasteiger partial charge on any atom is 0.282 e. The summed E-state index contributed by atoms with van der Waals surface area (Å²) in [5, 5.41) is 3.28. The molecular formula is C29H29N3O2. The Morgan fingerprint density at radius 3 is 2.15 bits per heavy atom. The molecule has 2 aliphatic heterocycles. The zero-order valence-electron chi connectivity index (χ0n) is 19.7. The van der Waals surface area contributed by atoms with Crippen molar-refractivity contribution >= 4 is 34.4 Å². The number of rotatable bonds is 5. The van der Waals surface area contributed by atoms with Crippen LogP contribution in [0, 0.1) is 13.8 Å². The molecule has 0 spiro atoms. The number of aryl methyl sites for hydroxylation is 2. The molecule has 0 saturated carbocycles. The number of imide groups is 1. The van der Waals surface area contributed by atoms with Crippen molar-refractivity contribution in [2.75, 3.05) is 28.2 Å². The molecule has 0 aliphatic carbocycles. The van der Waals surface area contributed by atoms with Crippen molar-refractivity contribution < 1.29 is 9.59 Å². The van der Waals surface area contributed by atoms with Crippen LogP contribution in [0.4, 0.5) is 17.1 Å². The number of piperidine rings is 1. The molecule has 2 amide bonds. The van der Waals surface area contributed by atoms with Crippen molar-refractivity contribution in [3.05, 3.63) is 95.2 Å². The minimum atomic E-state index is -0.337. The van der Waals surface area contributed by atoms with E-state index in [-0.39, 0.29) is 11.8 Å². The molecule has 34 heavy (non-hydrogen) atoms. The fourth-order valence-corrected chi connectivity index (χ4v) is 4.85. The standard InChI is InChI=1S/C29H29N3O2/c1-20-11-16-25(21(2)19-20)32-28(33)26(22-9-5-3-6-10-22)27(29(32)34)30-23-12-14-24(15-13-23)31-17-7-4-8-18-31/h3,5-6,9-16,19,30H,4,7-8,17-18H2,1-2H3. The Morgan fingerprint density at radius 2 is 1.47 bits per heavy atom. The fraction of sp³-hybridized carbons (Fsp3) is 0.241. The van der Waals surface area contributed by atoms with Crippen LogP contribution in [0.25, 0.3) is 5.57 Å². The van der Waals surface area contributed by atoms with Crippen LogP contribution < -0.4 is 15.1 Å². The van der Waals surface area contributed by atoms with Crippen LogP contribution in [0.3, 0.4) is 0 Å². The van der Waals surface area contributed by atoms with Crippen LogP contribution in [0.15, 0.2) is 78.5 Å². The molecule has 0 radical (unpaired) electrons. The number of hydrogen-bond acceptors (Lipinski definition) is 4. The van der Waals surface area contributed by atoms with Crippen molar-refractivity contribution in [1.29, 1.82) is 0 Å². The first-order valence-electron chi connectivity index (χ1n) is 11.9. The van der Waals surface area contributed by atoms with Gasteiger partial charge in [-0.05, 0) is 74.6 Å². The van der Waals surface area contributed by atoms with Gasteiger partial charge in [0.25, 0.3) is 11.8 Å². The van der Waals surface area contributed by atoms with E-state index < -0.39 is 0 Å². The third-order valence-corrected chi connectivity index (χ3v) is 6.60. The van der Waals surface area contributed by atoms with Gasteiger partial charge in [0, 0.05) is 24.5 Å². The molecule has 5 heteroatoms. The van der Waals surface area contributed by atoms with E-state index in [1.807, 2.05) is 74.5 Å². The predicted octanol–water partition coefficient (Wildman–Crippen LogP) is 5.69. The minimum absolute atomic E-state index is 0.307.